The molecule has 1 unspecified atom stereocenters. The standard InChI is InChI=1S/C12H9BrF2O2/c13-9-5-6-17-11(9)10(16)7-1-3-8(4-2-7)12(14)15/h1-6,10,12,16H. The Morgan fingerprint density at radius 2 is 1.65 bits per heavy atom. The van der Waals surface area contributed by atoms with E-state index in [1.54, 1.807) is 6.07 Å². The Bertz CT molecular complexity index is 493. The number of rotatable bonds is 3. The number of aliphatic hydroxyl groups is 1. The van der Waals surface area contributed by atoms with E-state index < -0.39 is 12.5 Å². The van der Waals surface area contributed by atoms with Gasteiger partial charge in [0.2, 0.25) is 0 Å². The predicted octanol–water partition coefficient (Wildman–Crippen LogP) is 4.06. The van der Waals surface area contributed by atoms with Crippen molar-refractivity contribution in [3.05, 3.63) is 58.0 Å². The zero-order valence-electron chi connectivity index (χ0n) is 8.61. The first kappa shape index (κ1) is 12.3. The zero-order chi connectivity index (χ0) is 12.4. The summed E-state index contributed by atoms with van der Waals surface area (Å²) in [6.45, 7) is 0. The van der Waals surface area contributed by atoms with E-state index >= 15 is 0 Å². The van der Waals surface area contributed by atoms with Crippen LogP contribution in [0.25, 0.3) is 0 Å². The van der Waals surface area contributed by atoms with Crippen molar-refractivity contribution in [1.29, 1.82) is 0 Å². The second-order valence-corrected chi connectivity index (χ2v) is 4.36. The molecule has 17 heavy (non-hydrogen) atoms. The molecule has 0 aliphatic rings. The lowest BCUT2D eigenvalue weighted by atomic mass is 10.1. The maximum absolute atomic E-state index is 12.3. The first-order valence-electron chi connectivity index (χ1n) is 4.88. The van der Waals surface area contributed by atoms with Crippen molar-refractivity contribution in [2.24, 2.45) is 0 Å². The fourth-order valence-corrected chi connectivity index (χ4v) is 1.89. The van der Waals surface area contributed by atoms with E-state index in [0.29, 0.717) is 15.8 Å². The zero-order valence-corrected chi connectivity index (χ0v) is 10.2. The monoisotopic (exact) mass is 302 g/mol. The van der Waals surface area contributed by atoms with Crippen LogP contribution >= 0.6 is 15.9 Å². The summed E-state index contributed by atoms with van der Waals surface area (Å²) in [5, 5.41) is 9.98. The average molecular weight is 303 g/mol. The molecule has 0 saturated heterocycles. The van der Waals surface area contributed by atoms with Gasteiger partial charge in [0.1, 0.15) is 6.10 Å². The molecule has 0 bridgehead atoms. The van der Waals surface area contributed by atoms with Gasteiger partial charge in [-0.3, -0.25) is 0 Å². The largest absolute Gasteiger partial charge is 0.465 e. The molecule has 1 heterocycles. The van der Waals surface area contributed by atoms with E-state index in [1.807, 2.05) is 0 Å². The molecule has 1 aromatic carbocycles. The first-order chi connectivity index (χ1) is 8.09. The lowest BCUT2D eigenvalue weighted by Gasteiger charge is -2.09. The van der Waals surface area contributed by atoms with Gasteiger partial charge in [-0.05, 0) is 27.6 Å². The first-order valence-corrected chi connectivity index (χ1v) is 5.68. The number of alkyl halides is 2. The molecule has 0 fully saturated rings. The van der Waals surface area contributed by atoms with Crippen LogP contribution in [0.15, 0.2) is 45.5 Å². The van der Waals surface area contributed by atoms with Crippen LogP contribution in [0.3, 0.4) is 0 Å². The van der Waals surface area contributed by atoms with E-state index in [2.05, 4.69) is 15.9 Å². The third-order valence-corrected chi connectivity index (χ3v) is 3.05. The molecule has 0 spiro atoms. The Balaban J connectivity index is 2.26. The summed E-state index contributed by atoms with van der Waals surface area (Å²) in [5.41, 5.74) is 0.435. The van der Waals surface area contributed by atoms with Crippen molar-refractivity contribution in [2.75, 3.05) is 0 Å². The number of aliphatic hydroxyl groups excluding tert-OH is 1. The Kier molecular flexibility index (Phi) is 3.59. The van der Waals surface area contributed by atoms with Crippen LogP contribution in [0.4, 0.5) is 8.78 Å². The highest BCUT2D eigenvalue weighted by Gasteiger charge is 2.17. The highest BCUT2D eigenvalue weighted by atomic mass is 79.9. The average Bonchev–Trinajstić information content (AvgIpc) is 2.74. The molecule has 2 rings (SSSR count). The molecule has 0 saturated carbocycles. The van der Waals surface area contributed by atoms with Gasteiger partial charge in [0, 0.05) is 5.56 Å². The summed E-state index contributed by atoms with van der Waals surface area (Å²) in [5.74, 6) is 0.356. The van der Waals surface area contributed by atoms with Crippen LogP contribution in [0.5, 0.6) is 0 Å². The third kappa shape index (κ3) is 2.56. The minimum absolute atomic E-state index is 0.0699. The van der Waals surface area contributed by atoms with E-state index in [4.69, 9.17) is 4.42 Å². The molecule has 90 valence electrons. The maximum atomic E-state index is 12.3. The van der Waals surface area contributed by atoms with Crippen molar-refractivity contribution in [1.82, 2.24) is 0 Å². The van der Waals surface area contributed by atoms with Crippen molar-refractivity contribution >= 4 is 15.9 Å². The van der Waals surface area contributed by atoms with Gasteiger partial charge in [-0.2, -0.15) is 0 Å². The number of halogens is 3. The van der Waals surface area contributed by atoms with Crippen LogP contribution in [-0.2, 0) is 0 Å². The number of hydrogen-bond acceptors (Lipinski definition) is 2. The summed E-state index contributed by atoms with van der Waals surface area (Å²) >= 11 is 3.23. The maximum Gasteiger partial charge on any atom is 0.263 e. The quantitative estimate of drug-likeness (QED) is 0.927. The summed E-state index contributed by atoms with van der Waals surface area (Å²) < 4.78 is 30.5. The Hall–Kier alpha value is -1.20. The molecule has 5 heteroatoms. The van der Waals surface area contributed by atoms with Crippen molar-refractivity contribution in [3.8, 4) is 0 Å². The third-order valence-electron chi connectivity index (χ3n) is 2.40. The van der Waals surface area contributed by atoms with E-state index in [-0.39, 0.29) is 5.56 Å². The molecule has 1 aromatic heterocycles. The van der Waals surface area contributed by atoms with E-state index in [9.17, 15) is 13.9 Å². The van der Waals surface area contributed by atoms with Gasteiger partial charge >= 0.3 is 0 Å². The van der Waals surface area contributed by atoms with E-state index in [0.717, 1.165) is 0 Å². The summed E-state index contributed by atoms with van der Waals surface area (Å²) in [4.78, 5) is 0. The fraction of sp³-hybridized carbons (Fsp3) is 0.167. The molecular formula is C12H9BrF2O2. The molecule has 0 amide bonds. The van der Waals surface area contributed by atoms with Crippen LogP contribution in [0, 0.1) is 0 Å². The second kappa shape index (κ2) is 4.98. The molecule has 1 atom stereocenters. The Morgan fingerprint density at radius 3 is 2.12 bits per heavy atom. The smallest absolute Gasteiger partial charge is 0.263 e. The molecule has 0 aliphatic carbocycles. The minimum Gasteiger partial charge on any atom is -0.465 e. The van der Waals surface area contributed by atoms with Crippen molar-refractivity contribution in [2.45, 2.75) is 12.5 Å². The van der Waals surface area contributed by atoms with Gasteiger partial charge < -0.3 is 9.52 Å². The van der Waals surface area contributed by atoms with Crippen LogP contribution in [0.1, 0.15) is 29.4 Å². The normalized spacial score (nSPS) is 13.0. The predicted molar refractivity (Wildman–Crippen MR) is 61.9 cm³/mol. The Labute approximate surface area is 105 Å². The lowest BCUT2D eigenvalue weighted by Crippen LogP contribution is -1.99. The van der Waals surface area contributed by atoms with Gasteiger partial charge in [-0.1, -0.05) is 24.3 Å². The summed E-state index contributed by atoms with van der Waals surface area (Å²) in [6.07, 6.45) is -2.03. The minimum atomic E-state index is -2.50. The molecule has 1 N–H and O–H groups in total. The van der Waals surface area contributed by atoms with E-state index in [1.165, 1.54) is 30.5 Å². The van der Waals surface area contributed by atoms with Gasteiger partial charge in [0.05, 0.1) is 10.7 Å². The summed E-state index contributed by atoms with van der Waals surface area (Å²) in [6, 6.07) is 7.16. The number of benzene rings is 1. The number of furan rings is 1. The second-order valence-electron chi connectivity index (χ2n) is 3.50. The van der Waals surface area contributed by atoms with Crippen molar-refractivity contribution in [3.63, 3.8) is 0 Å². The van der Waals surface area contributed by atoms with Gasteiger partial charge in [-0.15, -0.1) is 0 Å². The van der Waals surface area contributed by atoms with Crippen LogP contribution in [-0.4, -0.2) is 5.11 Å². The Morgan fingerprint density at radius 1 is 1.06 bits per heavy atom. The molecule has 2 aromatic rings. The van der Waals surface area contributed by atoms with Gasteiger partial charge in [0.15, 0.2) is 5.76 Å². The van der Waals surface area contributed by atoms with Crippen LogP contribution in [0.2, 0.25) is 0 Å². The topological polar surface area (TPSA) is 33.4 Å². The van der Waals surface area contributed by atoms with Gasteiger partial charge in [0.25, 0.3) is 6.43 Å². The van der Waals surface area contributed by atoms with Crippen molar-refractivity contribution < 1.29 is 18.3 Å². The molecule has 0 aliphatic heterocycles. The summed E-state index contributed by atoms with van der Waals surface area (Å²) in [7, 11) is 0. The molecular weight excluding hydrogens is 294 g/mol. The molecule has 0 radical (unpaired) electrons. The SMILES string of the molecule is OC(c1ccc(C(F)F)cc1)c1occc1Br. The highest BCUT2D eigenvalue weighted by molar-refractivity contribution is 9.10. The number of hydrogen-bond donors (Lipinski definition) is 1. The fourth-order valence-electron chi connectivity index (χ4n) is 1.48. The van der Waals surface area contributed by atoms with Crippen LogP contribution < -0.4 is 0 Å². The van der Waals surface area contributed by atoms with Gasteiger partial charge in [-0.25, -0.2) is 8.78 Å². The highest BCUT2D eigenvalue weighted by Crippen LogP contribution is 2.30. The lowest BCUT2D eigenvalue weighted by molar-refractivity contribution is 0.151. The molecule has 2 nitrogen and oxygen atoms in total.